The second kappa shape index (κ2) is 7.64. The molecule has 2 aromatic rings. The number of sulfone groups is 1. The molecule has 0 radical (unpaired) electrons. The zero-order chi connectivity index (χ0) is 22.4. The van der Waals surface area contributed by atoms with Crippen LogP contribution >= 0.6 is 0 Å². The summed E-state index contributed by atoms with van der Waals surface area (Å²) in [6.45, 7) is 1.84. The Kier molecular flexibility index (Phi) is 5.65. The van der Waals surface area contributed by atoms with Gasteiger partial charge in [0.15, 0.2) is 14.9 Å². The van der Waals surface area contributed by atoms with E-state index >= 15 is 0 Å². The maximum absolute atomic E-state index is 13.9. The number of halogens is 4. The fourth-order valence-electron chi connectivity index (χ4n) is 3.28. The van der Waals surface area contributed by atoms with Crippen LogP contribution in [0, 0.1) is 18.8 Å². The van der Waals surface area contributed by atoms with Crippen LogP contribution in [0.15, 0.2) is 23.4 Å². The highest BCUT2D eigenvalue weighted by Gasteiger charge is 2.45. The minimum atomic E-state index is -3.63. The lowest BCUT2D eigenvalue weighted by Crippen LogP contribution is -2.20. The Balaban J connectivity index is 1.93. The second-order valence-corrected chi connectivity index (χ2v) is 9.46. The van der Waals surface area contributed by atoms with Crippen LogP contribution in [0.25, 0.3) is 0 Å². The molecule has 1 saturated carbocycles. The third-order valence-electron chi connectivity index (χ3n) is 4.90. The van der Waals surface area contributed by atoms with E-state index in [0.29, 0.717) is 6.92 Å². The van der Waals surface area contributed by atoms with Gasteiger partial charge in [-0.05, 0) is 31.4 Å². The molecule has 30 heavy (non-hydrogen) atoms. The smallest absolute Gasteiger partial charge is 0.289 e. The minimum Gasteiger partial charge on any atom is -0.321 e. The fourth-order valence-corrected chi connectivity index (χ4v) is 3.87. The first-order chi connectivity index (χ1) is 13.8. The molecule has 0 bridgehead atoms. The molecule has 3 rings (SSSR count). The van der Waals surface area contributed by atoms with E-state index in [9.17, 15) is 30.8 Å². The summed E-state index contributed by atoms with van der Waals surface area (Å²) in [4.78, 5) is 16.5. The number of alkyl halides is 4. The number of anilines is 1. The third kappa shape index (κ3) is 4.63. The molecule has 0 aromatic carbocycles. The first-order valence-electron chi connectivity index (χ1n) is 9.00. The maximum atomic E-state index is 13.9. The van der Waals surface area contributed by atoms with Crippen LogP contribution in [0.3, 0.4) is 0 Å². The topological polar surface area (TPSA) is 93.9 Å². The molecule has 0 aliphatic heterocycles. The Hall–Kier alpha value is -2.50. The molecule has 1 aliphatic rings. The van der Waals surface area contributed by atoms with Gasteiger partial charge in [0.05, 0.1) is 0 Å². The summed E-state index contributed by atoms with van der Waals surface area (Å²) in [5.41, 5.74) is -0.798. The van der Waals surface area contributed by atoms with E-state index in [1.165, 1.54) is 19.2 Å². The van der Waals surface area contributed by atoms with E-state index in [0.717, 1.165) is 17.0 Å². The van der Waals surface area contributed by atoms with Gasteiger partial charge in [-0.1, -0.05) is 0 Å². The summed E-state index contributed by atoms with van der Waals surface area (Å²) in [6.07, 6.45) is -0.177. The molecule has 0 unspecified atom stereocenters. The van der Waals surface area contributed by atoms with Crippen LogP contribution in [0.2, 0.25) is 0 Å². The van der Waals surface area contributed by atoms with Gasteiger partial charge in [-0.25, -0.2) is 22.2 Å². The summed E-state index contributed by atoms with van der Waals surface area (Å²) in [5, 5.41) is 6.00. The monoisotopic (exact) mass is 448 g/mol. The first kappa shape index (κ1) is 22.2. The second-order valence-electron chi connectivity index (χ2n) is 7.50. The Morgan fingerprint density at radius 2 is 2.07 bits per heavy atom. The largest absolute Gasteiger partial charge is 0.321 e. The molecular weight excluding hydrogens is 428 g/mol. The summed E-state index contributed by atoms with van der Waals surface area (Å²) in [5.74, 6) is -5.47. The molecule has 2 heterocycles. The number of nitrogens with one attached hydrogen (secondary N) is 1. The Morgan fingerprint density at radius 3 is 2.60 bits per heavy atom. The standard InChI is InChI=1S/C18H20F4N4O3S/c1-9-14(17(27)24-11-4-5-23-13(7-11)30(3,28)29)26(25-15(9)18(2,21)22)8-10-6-12(10)16(19)20/h4-5,7,10,12,16H,6,8H2,1-3H3,(H,23,24,27)/t10-,12+/m0/s1. The quantitative estimate of drug-likeness (QED) is 0.657. The summed E-state index contributed by atoms with van der Waals surface area (Å²) >= 11 is 0. The van der Waals surface area contributed by atoms with Crippen LogP contribution < -0.4 is 5.32 Å². The van der Waals surface area contributed by atoms with Gasteiger partial charge in [-0.2, -0.15) is 13.9 Å². The molecule has 1 N–H and O–H groups in total. The van der Waals surface area contributed by atoms with Crippen molar-refractivity contribution in [3.63, 3.8) is 0 Å². The van der Waals surface area contributed by atoms with Crippen molar-refractivity contribution in [3.05, 3.63) is 35.3 Å². The lowest BCUT2D eigenvalue weighted by atomic mass is 10.1. The fraction of sp³-hybridized carbons (Fsp3) is 0.500. The predicted molar refractivity (Wildman–Crippen MR) is 99.4 cm³/mol. The van der Waals surface area contributed by atoms with Crippen molar-refractivity contribution in [2.24, 2.45) is 11.8 Å². The van der Waals surface area contributed by atoms with E-state index in [1.807, 2.05) is 0 Å². The predicted octanol–water partition coefficient (Wildman–Crippen LogP) is 3.26. The Bertz CT molecular complexity index is 1080. The highest BCUT2D eigenvalue weighted by Crippen LogP contribution is 2.44. The number of nitrogens with zero attached hydrogens (tertiary/aromatic N) is 3. The molecule has 2 aromatic heterocycles. The molecule has 1 amide bonds. The SMILES string of the molecule is Cc1c(C(C)(F)F)nn(C[C@@H]2C[C@H]2C(F)F)c1C(=O)Nc1ccnc(S(C)(=O)=O)c1. The number of hydrogen-bond acceptors (Lipinski definition) is 5. The molecular formula is C18H20F4N4O3S. The van der Waals surface area contributed by atoms with E-state index in [1.54, 1.807) is 0 Å². The lowest BCUT2D eigenvalue weighted by Gasteiger charge is -2.10. The number of amides is 1. The van der Waals surface area contributed by atoms with Crippen LogP contribution in [-0.2, 0) is 22.3 Å². The van der Waals surface area contributed by atoms with E-state index in [4.69, 9.17) is 0 Å². The van der Waals surface area contributed by atoms with Gasteiger partial charge in [-0.15, -0.1) is 0 Å². The number of pyridine rings is 1. The van der Waals surface area contributed by atoms with Gasteiger partial charge in [0.25, 0.3) is 11.8 Å². The zero-order valence-electron chi connectivity index (χ0n) is 16.4. The molecule has 7 nitrogen and oxygen atoms in total. The van der Waals surface area contributed by atoms with Crippen molar-refractivity contribution >= 4 is 21.4 Å². The Labute approximate surface area is 170 Å². The van der Waals surface area contributed by atoms with Crippen LogP contribution in [0.1, 0.15) is 35.1 Å². The molecule has 0 spiro atoms. The van der Waals surface area contributed by atoms with Crippen molar-refractivity contribution in [1.29, 1.82) is 0 Å². The summed E-state index contributed by atoms with van der Waals surface area (Å²) in [6, 6.07) is 2.47. The Morgan fingerprint density at radius 1 is 1.40 bits per heavy atom. The third-order valence-corrected chi connectivity index (χ3v) is 5.88. The maximum Gasteiger partial charge on any atom is 0.289 e. The minimum absolute atomic E-state index is 0.0772. The van der Waals surface area contributed by atoms with Gasteiger partial charge >= 0.3 is 0 Å². The van der Waals surface area contributed by atoms with Gasteiger partial charge in [0.1, 0.15) is 11.4 Å². The average Bonchev–Trinajstić information content (AvgIpc) is 3.29. The lowest BCUT2D eigenvalue weighted by molar-refractivity contribution is 0.0114. The summed E-state index contributed by atoms with van der Waals surface area (Å²) in [7, 11) is -3.63. The molecule has 2 atom stereocenters. The number of rotatable bonds is 7. The van der Waals surface area contributed by atoms with Crippen molar-refractivity contribution in [3.8, 4) is 0 Å². The number of hydrogen-bond donors (Lipinski definition) is 1. The van der Waals surface area contributed by atoms with Gasteiger partial charge in [0.2, 0.25) is 6.43 Å². The van der Waals surface area contributed by atoms with Crippen LogP contribution in [-0.4, -0.2) is 41.8 Å². The molecule has 0 saturated heterocycles. The van der Waals surface area contributed by atoms with E-state index < -0.39 is 45.6 Å². The van der Waals surface area contributed by atoms with Crippen LogP contribution in [0.5, 0.6) is 0 Å². The van der Waals surface area contributed by atoms with Gasteiger partial charge < -0.3 is 5.32 Å². The van der Waals surface area contributed by atoms with Crippen molar-refractivity contribution in [1.82, 2.24) is 14.8 Å². The van der Waals surface area contributed by atoms with Crippen molar-refractivity contribution < 1.29 is 30.8 Å². The molecule has 164 valence electrons. The molecule has 1 aliphatic carbocycles. The van der Waals surface area contributed by atoms with Crippen molar-refractivity contribution in [2.45, 2.75) is 44.2 Å². The summed E-state index contributed by atoms with van der Waals surface area (Å²) < 4.78 is 77.9. The van der Waals surface area contributed by atoms with E-state index in [2.05, 4.69) is 15.4 Å². The van der Waals surface area contributed by atoms with Crippen LogP contribution in [0.4, 0.5) is 23.2 Å². The first-order valence-corrected chi connectivity index (χ1v) is 10.9. The zero-order valence-corrected chi connectivity index (χ0v) is 17.2. The average molecular weight is 448 g/mol. The normalized spacial score (nSPS) is 19.2. The highest BCUT2D eigenvalue weighted by molar-refractivity contribution is 7.90. The number of carbonyl (C=O) groups excluding carboxylic acids is 1. The number of aromatic nitrogens is 3. The molecule has 1 fully saturated rings. The number of carbonyl (C=O) groups is 1. The van der Waals surface area contributed by atoms with Crippen molar-refractivity contribution in [2.75, 3.05) is 11.6 Å². The molecule has 12 heteroatoms. The highest BCUT2D eigenvalue weighted by atomic mass is 32.2. The van der Waals surface area contributed by atoms with Gasteiger partial charge in [0, 0.05) is 43.1 Å². The van der Waals surface area contributed by atoms with E-state index in [-0.39, 0.29) is 34.9 Å². The van der Waals surface area contributed by atoms with Gasteiger partial charge in [-0.3, -0.25) is 9.48 Å².